The Morgan fingerprint density at radius 1 is 0.781 bits per heavy atom. The molecule has 1 N–H and O–H groups in total. The highest BCUT2D eigenvalue weighted by Gasteiger charge is 2.14. The van der Waals surface area contributed by atoms with Crippen LogP contribution in [-0.2, 0) is 0 Å². The highest BCUT2D eigenvalue weighted by Crippen LogP contribution is 2.31. The summed E-state index contributed by atoms with van der Waals surface area (Å²) in [5, 5.41) is 10.4. The Hall–Kier alpha value is -4.19. The fourth-order valence-electron chi connectivity index (χ4n) is 3.31. The van der Waals surface area contributed by atoms with Crippen molar-refractivity contribution in [2.45, 2.75) is 6.92 Å². The lowest BCUT2D eigenvalue weighted by Crippen LogP contribution is -2.02. The molecule has 0 aliphatic heterocycles. The van der Waals surface area contributed by atoms with Gasteiger partial charge in [0.15, 0.2) is 29.0 Å². The van der Waals surface area contributed by atoms with Crippen LogP contribution in [0.1, 0.15) is 18.3 Å². The number of allylic oxidation sites excluding steroid dienone is 1. The van der Waals surface area contributed by atoms with E-state index in [0.717, 1.165) is 16.7 Å². The summed E-state index contributed by atoms with van der Waals surface area (Å²) in [6.45, 7) is 1.94. The summed E-state index contributed by atoms with van der Waals surface area (Å²) in [5.41, 5.74) is 3.18. The molecule has 3 aromatic carbocycles. The average Bonchev–Trinajstić information content (AvgIpc) is 2.84. The Labute approximate surface area is 186 Å². The summed E-state index contributed by atoms with van der Waals surface area (Å²) in [4.78, 5) is 14.0. The molecule has 0 atom stereocenters. The zero-order chi connectivity index (χ0) is 22.5. The summed E-state index contributed by atoms with van der Waals surface area (Å²) in [6, 6.07) is 22.4. The monoisotopic (exact) mass is 425 g/mol. The maximum Gasteiger partial charge on any atom is 0.167 e. The first-order valence-corrected chi connectivity index (χ1v) is 10.1. The lowest BCUT2D eigenvalue weighted by molar-refractivity contribution is 0.355. The second-order valence-corrected chi connectivity index (χ2v) is 7.13. The molecule has 0 bridgehead atoms. The number of nitrogens with zero attached hydrogens (tertiary/aromatic N) is 3. The minimum Gasteiger partial charge on any atom is -0.507 e. The molecule has 0 unspecified atom stereocenters. The molecule has 0 saturated heterocycles. The van der Waals surface area contributed by atoms with Gasteiger partial charge in [-0.25, -0.2) is 15.0 Å². The summed E-state index contributed by atoms with van der Waals surface area (Å²) >= 11 is 0. The third kappa shape index (κ3) is 4.44. The Morgan fingerprint density at radius 2 is 1.47 bits per heavy atom. The molecule has 4 rings (SSSR count). The van der Waals surface area contributed by atoms with Crippen molar-refractivity contribution in [2.75, 3.05) is 14.2 Å². The van der Waals surface area contributed by atoms with E-state index in [0.29, 0.717) is 34.5 Å². The highest BCUT2D eigenvalue weighted by atomic mass is 16.5. The number of phenolic OH excluding ortho intramolecular Hbond substituents is 1. The maximum absolute atomic E-state index is 10.4. The van der Waals surface area contributed by atoms with Gasteiger partial charge < -0.3 is 14.6 Å². The summed E-state index contributed by atoms with van der Waals surface area (Å²) < 4.78 is 10.7. The zero-order valence-corrected chi connectivity index (χ0v) is 18.1. The topological polar surface area (TPSA) is 77.4 Å². The van der Waals surface area contributed by atoms with Crippen molar-refractivity contribution in [3.05, 3.63) is 84.2 Å². The van der Waals surface area contributed by atoms with E-state index in [4.69, 9.17) is 14.5 Å². The van der Waals surface area contributed by atoms with Gasteiger partial charge in [-0.3, -0.25) is 0 Å². The number of para-hydroxylation sites is 1. The standard InChI is InChI=1S/C26H23N3O3/c1-17(15-18-13-14-22(31-2)23(16-18)32-3)24-27-25(19-9-5-4-6-10-19)29-26(28-24)20-11-7-8-12-21(20)30/h4-16,30H,1-3H3. The molecular formula is C26H23N3O3. The van der Waals surface area contributed by atoms with E-state index in [1.807, 2.05) is 67.6 Å². The van der Waals surface area contributed by atoms with Crippen molar-refractivity contribution in [2.24, 2.45) is 0 Å². The average molecular weight is 425 g/mol. The van der Waals surface area contributed by atoms with Crippen LogP contribution in [0, 0.1) is 0 Å². The third-order valence-electron chi connectivity index (χ3n) is 4.96. The number of hydrogen-bond donors (Lipinski definition) is 1. The molecule has 0 amide bonds. The van der Waals surface area contributed by atoms with Gasteiger partial charge in [0.1, 0.15) is 5.75 Å². The molecule has 0 aliphatic rings. The molecule has 4 aromatic rings. The molecule has 0 radical (unpaired) electrons. The van der Waals surface area contributed by atoms with Crippen molar-refractivity contribution in [1.82, 2.24) is 15.0 Å². The van der Waals surface area contributed by atoms with Gasteiger partial charge in [0.2, 0.25) is 0 Å². The van der Waals surface area contributed by atoms with E-state index < -0.39 is 0 Å². The zero-order valence-electron chi connectivity index (χ0n) is 18.1. The predicted octanol–water partition coefficient (Wildman–Crippen LogP) is 5.49. The highest BCUT2D eigenvalue weighted by molar-refractivity contribution is 5.79. The smallest absolute Gasteiger partial charge is 0.167 e. The van der Waals surface area contributed by atoms with Crippen LogP contribution in [0.4, 0.5) is 0 Å². The largest absolute Gasteiger partial charge is 0.507 e. The van der Waals surface area contributed by atoms with Crippen LogP contribution in [0.5, 0.6) is 17.2 Å². The van der Waals surface area contributed by atoms with Gasteiger partial charge in [-0.1, -0.05) is 48.5 Å². The minimum atomic E-state index is 0.116. The van der Waals surface area contributed by atoms with Crippen LogP contribution in [0.25, 0.3) is 34.4 Å². The lowest BCUT2D eigenvalue weighted by Gasteiger charge is -2.10. The van der Waals surface area contributed by atoms with Crippen molar-refractivity contribution >= 4 is 11.6 Å². The predicted molar refractivity (Wildman–Crippen MR) is 125 cm³/mol. The van der Waals surface area contributed by atoms with Crippen molar-refractivity contribution in [1.29, 1.82) is 0 Å². The van der Waals surface area contributed by atoms with Crippen molar-refractivity contribution in [3.8, 4) is 40.0 Å². The molecular weight excluding hydrogens is 402 g/mol. The van der Waals surface area contributed by atoms with E-state index in [1.54, 1.807) is 32.4 Å². The first-order valence-electron chi connectivity index (χ1n) is 10.1. The molecule has 1 heterocycles. The minimum absolute atomic E-state index is 0.116. The second kappa shape index (κ2) is 9.31. The SMILES string of the molecule is COc1ccc(C=C(C)c2nc(-c3ccccc3)nc(-c3ccccc3O)n2)cc1OC. The first-order chi connectivity index (χ1) is 15.6. The van der Waals surface area contributed by atoms with Gasteiger partial charge in [-0.15, -0.1) is 0 Å². The molecule has 32 heavy (non-hydrogen) atoms. The summed E-state index contributed by atoms with van der Waals surface area (Å²) in [7, 11) is 3.21. The van der Waals surface area contributed by atoms with Crippen LogP contribution < -0.4 is 9.47 Å². The molecule has 6 nitrogen and oxygen atoms in total. The van der Waals surface area contributed by atoms with Gasteiger partial charge >= 0.3 is 0 Å². The van der Waals surface area contributed by atoms with Crippen LogP contribution in [0.2, 0.25) is 0 Å². The fourth-order valence-corrected chi connectivity index (χ4v) is 3.31. The normalized spacial score (nSPS) is 11.3. The number of benzene rings is 3. The number of hydrogen-bond acceptors (Lipinski definition) is 6. The number of rotatable bonds is 6. The van der Waals surface area contributed by atoms with Crippen molar-refractivity contribution in [3.63, 3.8) is 0 Å². The van der Waals surface area contributed by atoms with E-state index in [-0.39, 0.29) is 5.75 Å². The Kier molecular flexibility index (Phi) is 6.12. The van der Waals surface area contributed by atoms with Gasteiger partial charge in [0.25, 0.3) is 0 Å². The summed E-state index contributed by atoms with van der Waals surface area (Å²) in [6.07, 6.45) is 1.97. The number of ether oxygens (including phenoxy) is 2. The van der Waals surface area contributed by atoms with E-state index in [1.165, 1.54) is 0 Å². The first kappa shape index (κ1) is 21.1. The van der Waals surface area contributed by atoms with Crippen LogP contribution >= 0.6 is 0 Å². The number of phenols is 1. The van der Waals surface area contributed by atoms with Crippen LogP contribution in [0.15, 0.2) is 72.8 Å². The molecule has 160 valence electrons. The Balaban J connectivity index is 1.83. The van der Waals surface area contributed by atoms with E-state index in [9.17, 15) is 5.11 Å². The second-order valence-electron chi connectivity index (χ2n) is 7.13. The molecule has 0 saturated carbocycles. The molecule has 0 spiro atoms. The number of methoxy groups -OCH3 is 2. The number of aromatic nitrogens is 3. The fraction of sp³-hybridized carbons (Fsp3) is 0.115. The summed E-state index contributed by atoms with van der Waals surface area (Å²) in [5.74, 6) is 2.89. The quantitative estimate of drug-likeness (QED) is 0.440. The van der Waals surface area contributed by atoms with Gasteiger partial charge in [0.05, 0.1) is 19.8 Å². The Morgan fingerprint density at radius 3 is 2.19 bits per heavy atom. The van der Waals surface area contributed by atoms with Gasteiger partial charge in [0, 0.05) is 5.56 Å². The third-order valence-corrected chi connectivity index (χ3v) is 4.96. The van der Waals surface area contributed by atoms with Gasteiger partial charge in [-0.2, -0.15) is 0 Å². The molecule has 0 fully saturated rings. The molecule has 0 aliphatic carbocycles. The van der Waals surface area contributed by atoms with Crippen LogP contribution in [-0.4, -0.2) is 34.3 Å². The lowest BCUT2D eigenvalue weighted by atomic mass is 10.1. The maximum atomic E-state index is 10.4. The van der Waals surface area contributed by atoms with Gasteiger partial charge in [-0.05, 0) is 48.4 Å². The van der Waals surface area contributed by atoms with Crippen molar-refractivity contribution < 1.29 is 14.6 Å². The molecule has 1 aromatic heterocycles. The Bertz CT molecular complexity index is 1270. The van der Waals surface area contributed by atoms with E-state index in [2.05, 4.69) is 9.97 Å². The van der Waals surface area contributed by atoms with E-state index >= 15 is 0 Å². The molecule has 6 heteroatoms. The van der Waals surface area contributed by atoms with Crippen LogP contribution in [0.3, 0.4) is 0 Å². The number of aromatic hydroxyl groups is 1.